The zero-order valence-corrected chi connectivity index (χ0v) is 35.0. The van der Waals surface area contributed by atoms with Crippen LogP contribution in [0.3, 0.4) is 0 Å². The van der Waals surface area contributed by atoms with Gasteiger partial charge in [0.15, 0.2) is 25.8 Å². The molecule has 1 heterocycles. The minimum Gasteiger partial charge on any atom is -0.455 e. The molecule has 0 unspecified atom stereocenters. The molecular weight excluding hydrogens is 713 g/mol. The molecule has 5 rings (SSSR count). The predicted octanol–water partition coefficient (Wildman–Crippen LogP) is 6.44. The molecule has 13 heteroatoms. The lowest BCUT2D eigenvalue weighted by molar-refractivity contribution is -0.380. The van der Waals surface area contributed by atoms with Crippen molar-refractivity contribution in [1.29, 1.82) is 0 Å². The molecule has 1 N–H and O–H groups in total. The van der Waals surface area contributed by atoms with Gasteiger partial charge in [-0.05, 0) is 76.0 Å². The predicted molar refractivity (Wildman–Crippen MR) is 200 cm³/mol. The van der Waals surface area contributed by atoms with E-state index >= 15 is 4.79 Å². The fourth-order valence-electron chi connectivity index (χ4n) is 9.65. The average Bonchev–Trinajstić information content (AvgIpc) is 3.09. The van der Waals surface area contributed by atoms with E-state index in [9.17, 15) is 19.5 Å². The first-order valence-corrected chi connectivity index (χ1v) is 21.8. The van der Waals surface area contributed by atoms with Crippen molar-refractivity contribution in [1.82, 2.24) is 0 Å². The smallest absolute Gasteiger partial charge is 0.338 e. The van der Waals surface area contributed by atoms with Gasteiger partial charge in [-0.25, -0.2) is 14.6 Å². The summed E-state index contributed by atoms with van der Waals surface area (Å²) in [7, 11) is -2.50. The number of fused-ring (bicyclic) bond motifs is 5. The van der Waals surface area contributed by atoms with Gasteiger partial charge in [-0.15, -0.1) is 0 Å². The third-order valence-corrected chi connectivity index (χ3v) is 17.5. The lowest BCUT2D eigenvalue weighted by Gasteiger charge is -2.68. The van der Waals surface area contributed by atoms with E-state index in [1.807, 2.05) is 20.8 Å². The average molecular weight is 773 g/mol. The molecule has 0 radical (unpaired) electrons. The molecule has 12 nitrogen and oxygen atoms in total. The highest BCUT2D eigenvalue weighted by molar-refractivity contribution is 6.73. The monoisotopic (exact) mass is 772 g/mol. The lowest BCUT2D eigenvalue weighted by atomic mass is 9.44. The van der Waals surface area contributed by atoms with E-state index < -0.39 is 96.1 Å². The van der Waals surface area contributed by atoms with Crippen LogP contribution in [0.5, 0.6) is 0 Å². The van der Waals surface area contributed by atoms with Crippen molar-refractivity contribution in [3.05, 3.63) is 47.0 Å². The summed E-state index contributed by atoms with van der Waals surface area (Å²) in [5.41, 5.74) is -6.34. The van der Waals surface area contributed by atoms with Gasteiger partial charge in [-0.2, -0.15) is 0 Å². The molecule has 1 saturated heterocycles. The highest BCUT2D eigenvalue weighted by atomic mass is 28.4. The molecule has 9 atom stereocenters. The number of benzene rings is 1. The van der Waals surface area contributed by atoms with Gasteiger partial charge < -0.3 is 28.5 Å². The summed E-state index contributed by atoms with van der Waals surface area (Å²) in [6.45, 7) is 21.1. The second-order valence-corrected chi connectivity index (χ2v) is 22.1. The number of carbonyl (C=O) groups is 4. The number of esters is 3. The van der Waals surface area contributed by atoms with Crippen LogP contribution < -0.4 is 0 Å². The molecule has 3 aliphatic carbocycles. The molecule has 0 amide bonds. The van der Waals surface area contributed by atoms with E-state index in [-0.39, 0.29) is 25.0 Å². The lowest BCUT2D eigenvalue weighted by Crippen LogP contribution is -2.82. The van der Waals surface area contributed by atoms with Gasteiger partial charge in [0, 0.05) is 32.1 Å². The van der Waals surface area contributed by atoms with Crippen molar-refractivity contribution in [3.63, 3.8) is 0 Å². The second kappa shape index (κ2) is 14.9. The van der Waals surface area contributed by atoms with E-state index in [1.165, 1.54) is 13.8 Å². The van der Waals surface area contributed by atoms with Crippen LogP contribution >= 0.6 is 0 Å². The maximum Gasteiger partial charge on any atom is 0.338 e. The molecule has 1 aliphatic heterocycles. The van der Waals surface area contributed by atoms with E-state index in [4.69, 9.17) is 33.1 Å². The van der Waals surface area contributed by atoms with Crippen LogP contribution in [0.2, 0.25) is 18.1 Å². The molecule has 1 aromatic rings. The van der Waals surface area contributed by atoms with Gasteiger partial charge in [0.2, 0.25) is 0 Å². The van der Waals surface area contributed by atoms with Crippen molar-refractivity contribution in [2.45, 2.75) is 161 Å². The van der Waals surface area contributed by atoms with Gasteiger partial charge in [-0.1, -0.05) is 52.8 Å². The van der Waals surface area contributed by atoms with E-state index in [0.717, 1.165) is 18.1 Å². The number of hydrogen-bond acceptors (Lipinski definition) is 12. The number of Topliss-reactive ketones (excluding diaryl/α,β-unsaturated/α-hetero) is 1. The Hall–Kier alpha value is -2.94. The minimum atomic E-state index is -2.50. The summed E-state index contributed by atoms with van der Waals surface area (Å²) in [6.07, 6.45) is -5.60. The van der Waals surface area contributed by atoms with Crippen LogP contribution in [0.4, 0.5) is 0 Å². The Bertz CT molecular complexity index is 1640. The molecule has 54 heavy (non-hydrogen) atoms. The summed E-state index contributed by atoms with van der Waals surface area (Å²) in [4.78, 5) is 68.5. The molecular formula is C41H60O12Si. The Morgan fingerprint density at radius 2 is 1.57 bits per heavy atom. The normalized spacial score (nSPS) is 34.7. The maximum absolute atomic E-state index is 16.0. The first kappa shape index (κ1) is 42.2. The van der Waals surface area contributed by atoms with Gasteiger partial charge in [0.1, 0.15) is 23.9 Å². The first-order valence-electron chi connectivity index (χ1n) is 19.3. The SMILES string of the molecule is CC[Si](CC)(CC)O[C@H]1C[C@H]2OC[C@@]2(OC(C)=O)[C@H]2[C@H](OC(=O)c3ccccc3)[C@]3(O)C[C@@H](OOC(C)(C)C)C(C)=C([C@@H](OC(C)=O)C(=O)[C@]12C)C3(C)C. The summed E-state index contributed by atoms with van der Waals surface area (Å²) < 4.78 is 32.5. The Morgan fingerprint density at radius 3 is 2.07 bits per heavy atom. The largest absolute Gasteiger partial charge is 0.455 e. The summed E-state index contributed by atoms with van der Waals surface area (Å²) in [5, 5.41) is 13.7. The van der Waals surface area contributed by atoms with Crippen LogP contribution in [-0.4, -0.2) is 91.0 Å². The zero-order chi connectivity index (χ0) is 40.2. The Kier molecular flexibility index (Phi) is 11.6. The van der Waals surface area contributed by atoms with E-state index in [0.29, 0.717) is 11.1 Å². The summed E-state index contributed by atoms with van der Waals surface area (Å²) in [6, 6.07) is 10.7. The van der Waals surface area contributed by atoms with Gasteiger partial charge in [0.25, 0.3) is 0 Å². The quantitative estimate of drug-likeness (QED) is 0.0658. The van der Waals surface area contributed by atoms with Crippen molar-refractivity contribution in [3.8, 4) is 0 Å². The molecule has 4 aliphatic rings. The van der Waals surface area contributed by atoms with Crippen LogP contribution in [0.1, 0.15) is 106 Å². The first-order chi connectivity index (χ1) is 25.1. The topological polar surface area (TPSA) is 153 Å². The van der Waals surface area contributed by atoms with Crippen molar-refractivity contribution in [2.24, 2.45) is 16.7 Å². The number of aliphatic hydroxyl groups is 1. The zero-order valence-electron chi connectivity index (χ0n) is 34.0. The Balaban J connectivity index is 1.89. The Morgan fingerprint density at radius 1 is 0.963 bits per heavy atom. The molecule has 300 valence electrons. The number of ether oxygens (including phenoxy) is 4. The molecule has 0 spiro atoms. The molecule has 0 aromatic heterocycles. The van der Waals surface area contributed by atoms with Crippen molar-refractivity contribution >= 4 is 32.0 Å². The number of ketones is 1. The van der Waals surface area contributed by atoms with Crippen LogP contribution in [-0.2, 0) is 47.5 Å². The third kappa shape index (κ3) is 6.91. The standard InChI is InChI=1S/C41H60O12Si/c1-13-54(14-2,15-3)52-29-21-30-40(23-47-30,50-26(6)43)33-35(49-36(45)27-19-17-16-18-20-27)41(46)22-28(51-53-37(7,8)9)24(4)31(38(41,10)11)32(48-25(5)42)34(44)39(29,33)12/h16-20,28-30,32-33,35,46H,13-15,21-23H2,1-12H3/t28-,29+,30-,32-,33+,35+,39-,40+,41-/m1/s1. The fraction of sp³-hybridized carbons (Fsp3) is 0.707. The van der Waals surface area contributed by atoms with Gasteiger partial charge in [0.05, 0.1) is 35.2 Å². The highest BCUT2D eigenvalue weighted by Gasteiger charge is 2.79. The van der Waals surface area contributed by atoms with Crippen molar-refractivity contribution < 1.29 is 57.4 Å². The number of hydrogen-bond donors (Lipinski definition) is 1. The maximum atomic E-state index is 16.0. The van der Waals surface area contributed by atoms with Crippen LogP contribution in [0.25, 0.3) is 0 Å². The second-order valence-electron chi connectivity index (χ2n) is 17.4. The molecule has 2 bridgehead atoms. The summed E-state index contributed by atoms with van der Waals surface area (Å²) in [5.74, 6) is -3.84. The Labute approximate surface area is 320 Å². The summed E-state index contributed by atoms with van der Waals surface area (Å²) >= 11 is 0. The van der Waals surface area contributed by atoms with E-state index in [1.54, 1.807) is 58.0 Å². The van der Waals surface area contributed by atoms with Gasteiger partial charge in [-0.3, -0.25) is 14.4 Å². The third-order valence-electron chi connectivity index (χ3n) is 12.9. The van der Waals surface area contributed by atoms with Gasteiger partial charge >= 0.3 is 17.9 Å². The molecule has 3 fully saturated rings. The molecule has 1 aromatic carbocycles. The number of rotatable bonds is 11. The minimum absolute atomic E-state index is 0.127. The molecule has 2 saturated carbocycles. The van der Waals surface area contributed by atoms with Crippen molar-refractivity contribution in [2.75, 3.05) is 6.61 Å². The van der Waals surface area contributed by atoms with Crippen LogP contribution in [0, 0.1) is 16.7 Å². The number of carbonyl (C=O) groups excluding carboxylic acids is 4. The highest BCUT2D eigenvalue weighted by Crippen LogP contribution is 2.65. The van der Waals surface area contributed by atoms with E-state index in [2.05, 4.69) is 20.8 Å². The fourth-order valence-corrected chi connectivity index (χ4v) is 12.6. The van der Waals surface area contributed by atoms with Crippen LogP contribution in [0.15, 0.2) is 41.5 Å².